The molecular weight excluding hydrogens is 495 g/mol. The van der Waals surface area contributed by atoms with Crippen molar-refractivity contribution >= 4 is 28.9 Å². The number of hydrogen-bond acceptors (Lipinski definition) is 5. The Labute approximate surface area is 192 Å². The maximum atomic E-state index is 13.4. The Bertz CT molecular complexity index is 1060. The van der Waals surface area contributed by atoms with Crippen LogP contribution in [0.25, 0.3) is 0 Å². The van der Waals surface area contributed by atoms with E-state index in [4.69, 9.17) is 4.74 Å². The van der Waals surface area contributed by atoms with Crippen LogP contribution in [0.5, 0.6) is 0 Å². The number of hydrogen-bond donors (Lipinski definition) is 1. The molecule has 2 aliphatic rings. The largest absolute Gasteiger partial charge is 1.00 e. The maximum Gasteiger partial charge on any atom is 0.420 e. The number of aromatic nitrogens is 3. The quantitative estimate of drug-likeness (QED) is 0.341. The molecule has 0 radical (unpaired) electrons. The molecule has 1 fully saturated rings. The molecule has 2 aromatic heterocycles. The van der Waals surface area contributed by atoms with Crippen molar-refractivity contribution in [3.05, 3.63) is 60.8 Å². The lowest BCUT2D eigenvalue weighted by molar-refractivity contribution is -0.670. The summed E-state index contributed by atoms with van der Waals surface area (Å²) in [5.74, 6) is 0.779. The Balaban J connectivity index is 0.00000218. The molecule has 9 heteroatoms. The number of amides is 1. The fourth-order valence-corrected chi connectivity index (χ4v) is 3.80. The first-order chi connectivity index (χ1) is 14.2. The molecule has 0 saturated carbocycles. The summed E-state index contributed by atoms with van der Waals surface area (Å²) in [7, 11) is 1.90. The zero-order valence-corrected chi connectivity index (χ0v) is 18.8. The lowest BCUT2D eigenvalue weighted by Gasteiger charge is -2.30. The highest BCUT2D eigenvalue weighted by Crippen LogP contribution is 2.38. The first-order valence-electron chi connectivity index (χ1n) is 9.72. The summed E-state index contributed by atoms with van der Waals surface area (Å²) >= 11 is 0. The number of morpholine rings is 1. The third kappa shape index (κ3) is 3.86. The predicted molar refractivity (Wildman–Crippen MR) is 110 cm³/mol. The first-order valence-corrected chi connectivity index (χ1v) is 9.72. The molecule has 156 valence electrons. The van der Waals surface area contributed by atoms with Crippen LogP contribution in [-0.4, -0.2) is 41.9 Å². The topological polar surface area (TPSA) is 66.5 Å². The van der Waals surface area contributed by atoms with E-state index >= 15 is 0 Å². The van der Waals surface area contributed by atoms with E-state index in [2.05, 4.69) is 27.3 Å². The minimum absolute atomic E-state index is 0. The van der Waals surface area contributed by atoms with Gasteiger partial charge in [-0.1, -0.05) is 6.07 Å². The van der Waals surface area contributed by atoms with Gasteiger partial charge < -0.3 is 38.9 Å². The number of fused-ring (bicyclic) bond motifs is 2. The molecule has 1 saturated heterocycles. The van der Waals surface area contributed by atoms with Crippen molar-refractivity contribution in [3.8, 4) is 0 Å². The van der Waals surface area contributed by atoms with E-state index in [1.165, 1.54) is 0 Å². The van der Waals surface area contributed by atoms with Crippen LogP contribution in [0.3, 0.4) is 0 Å². The second-order valence-corrected chi connectivity index (χ2v) is 7.29. The predicted octanol–water partition coefficient (Wildman–Crippen LogP) is -0.720. The molecule has 1 aromatic carbocycles. The SMILES string of the molecule is C[n+]1ccn(C(=O)N2Cc3cccnc3Nc3ccc(N4CCOCC4)cc32)c1.[I-]. The summed E-state index contributed by atoms with van der Waals surface area (Å²) in [5, 5.41) is 3.41. The van der Waals surface area contributed by atoms with Crippen LogP contribution < -0.4 is 43.7 Å². The highest BCUT2D eigenvalue weighted by Gasteiger charge is 2.29. The summed E-state index contributed by atoms with van der Waals surface area (Å²) in [6.07, 6.45) is 7.16. The van der Waals surface area contributed by atoms with Crippen LogP contribution >= 0.6 is 0 Å². The van der Waals surface area contributed by atoms with E-state index in [0.717, 1.165) is 41.5 Å². The van der Waals surface area contributed by atoms with Gasteiger partial charge in [-0.15, -0.1) is 0 Å². The van der Waals surface area contributed by atoms with Crippen molar-refractivity contribution in [1.29, 1.82) is 0 Å². The minimum Gasteiger partial charge on any atom is -1.00 e. The number of imidazole rings is 1. The number of nitrogens with one attached hydrogen (secondary N) is 1. The number of ether oxygens (including phenoxy) is 1. The fraction of sp³-hybridized carbons (Fsp3) is 0.286. The fourth-order valence-electron chi connectivity index (χ4n) is 3.80. The number of halogens is 1. The van der Waals surface area contributed by atoms with Crippen molar-refractivity contribution < 1.29 is 38.1 Å². The number of rotatable bonds is 1. The monoisotopic (exact) mass is 518 g/mol. The van der Waals surface area contributed by atoms with Gasteiger partial charge in [-0.25, -0.2) is 14.3 Å². The molecule has 8 nitrogen and oxygen atoms in total. The number of benzene rings is 1. The smallest absolute Gasteiger partial charge is 0.420 e. The zero-order chi connectivity index (χ0) is 19.8. The normalized spacial score (nSPS) is 15.4. The van der Waals surface area contributed by atoms with Crippen LogP contribution in [0.2, 0.25) is 0 Å². The Morgan fingerprint density at radius 3 is 2.83 bits per heavy atom. The molecule has 0 unspecified atom stereocenters. The Hall–Kier alpha value is -2.66. The highest BCUT2D eigenvalue weighted by molar-refractivity contribution is 5.99. The second kappa shape index (κ2) is 8.60. The molecule has 5 rings (SSSR count). The summed E-state index contributed by atoms with van der Waals surface area (Å²) < 4.78 is 8.94. The zero-order valence-electron chi connectivity index (χ0n) is 16.7. The third-order valence-corrected chi connectivity index (χ3v) is 5.34. The molecule has 0 aliphatic carbocycles. The van der Waals surface area contributed by atoms with Gasteiger partial charge >= 0.3 is 6.03 Å². The minimum atomic E-state index is -0.107. The lowest BCUT2D eigenvalue weighted by atomic mass is 10.2. The summed E-state index contributed by atoms with van der Waals surface area (Å²) in [6, 6.07) is 9.99. The first kappa shape index (κ1) is 20.6. The molecule has 30 heavy (non-hydrogen) atoms. The molecule has 1 amide bonds. The summed E-state index contributed by atoms with van der Waals surface area (Å²) in [6.45, 7) is 3.56. The van der Waals surface area contributed by atoms with Crippen molar-refractivity contribution in [3.63, 3.8) is 0 Å². The third-order valence-electron chi connectivity index (χ3n) is 5.34. The number of pyridine rings is 1. The second-order valence-electron chi connectivity index (χ2n) is 7.29. The van der Waals surface area contributed by atoms with Crippen molar-refractivity contribution in [2.45, 2.75) is 6.54 Å². The average molecular weight is 518 g/mol. The molecule has 0 bridgehead atoms. The van der Waals surface area contributed by atoms with Gasteiger partial charge in [0.05, 0.1) is 38.2 Å². The van der Waals surface area contributed by atoms with Crippen molar-refractivity contribution in [2.24, 2.45) is 7.05 Å². The van der Waals surface area contributed by atoms with Crippen LogP contribution in [0.4, 0.5) is 27.7 Å². The van der Waals surface area contributed by atoms with E-state index in [0.29, 0.717) is 19.8 Å². The lowest BCUT2D eigenvalue weighted by Crippen LogP contribution is -3.00. The van der Waals surface area contributed by atoms with E-state index in [1.54, 1.807) is 28.2 Å². The van der Waals surface area contributed by atoms with Crippen LogP contribution in [0.15, 0.2) is 55.2 Å². The van der Waals surface area contributed by atoms with Crippen molar-refractivity contribution in [1.82, 2.24) is 9.55 Å². The van der Waals surface area contributed by atoms with Crippen LogP contribution in [0.1, 0.15) is 5.56 Å². The molecule has 4 heterocycles. The summed E-state index contributed by atoms with van der Waals surface area (Å²) in [5.41, 5.74) is 3.77. The van der Waals surface area contributed by atoms with Gasteiger partial charge in [0.2, 0.25) is 0 Å². The van der Waals surface area contributed by atoms with Gasteiger partial charge in [-0.2, -0.15) is 4.57 Å². The van der Waals surface area contributed by atoms with Gasteiger partial charge in [-0.3, -0.25) is 4.90 Å². The Morgan fingerprint density at radius 2 is 2.07 bits per heavy atom. The Kier molecular flexibility index (Phi) is 5.91. The van der Waals surface area contributed by atoms with Crippen molar-refractivity contribution in [2.75, 3.05) is 41.4 Å². The summed E-state index contributed by atoms with van der Waals surface area (Å²) in [4.78, 5) is 22.0. The number of carbonyl (C=O) groups excluding carboxylic acids is 1. The Morgan fingerprint density at radius 1 is 1.23 bits per heavy atom. The van der Waals surface area contributed by atoms with Crippen LogP contribution in [0, 0.1) is 0 Å². The number of nitrogens with zero attached hydrogens (tertiary/aromatic N) is 5. The van der Waals surface area contributed by atoms with E-state index < -0.39 is 0 Å². The molecule has 0 atom stereocenters. The van der Waals surface area contributed by atoms with Gasteiger partial charge in [0.1, 0.15) is 18.2 Å². The number of carbonyl (C=O) groups is 1. The highest BCUT2D eigenvalue weighted by atomic mass is 127. The molecule has 0 spiro atoms. The van der Waals surface area contributed by atoms with E-state index in [9.17, 15) is 4.79 Å². The van der Waals surface area contributed by atoms with Gasteiger partial charge in [0, 0.05) is 30.5 Å². The number of anilines is 4. The number of aryl methyl sites for hydroxylation is 1. The van der Waals surface area contributed by atoms with Crippen LogP contribution in [-0.2, 0) is 18.3 Å². The van der Waals surface area contributed by atoms with E-state index in [1.807, 2.05) is 36.0 Å². The molecule has 2 aliphatic heterocycles. The maximum absolute atomic E-state index is 13.4. The van der Waals surface area contributed by atoms with E-state index in [-0.39, 0.29) is 30.0 Å². The van der Waals surface area contributed by atoms with Gasteiger partial charge in [-0.05, 0) is 24.3 Å². The van der Waals surface area contributed by atoms with Gasteiger partial charge in [0.25, 0.3) is 6.33 Å². The molecule has 1 N–H and O–H groups in total. The van der Waals surface area contributed by atoms with Gasteiger partial charge in [0.15, 0.2) is 0 Å². The average Bonchev–Trinajstić information content (AvgIpc) is 3.12. The molecular formula is C21H23IN6O2. The standard InChI is InChI=1S/C21H23N6O2.HI/c1-24-7-8-26(15-24)21(28)27-14-16-3-2-6-22-20(16)23-18-5-4-17(13-19(18)27)25-9-11-29-12-10-25;/h2-8,13,15H,9-12,14H2,1H3,(H,22,23);1H/q+1;/p-1. The molecule has 3 aromatic rings.